The molecule has 0 radical (unpaired) electrons. The van der Waals surface area contributed by atoms with Crippen LogP contribution in [-0.4, -0.2) is 33.5 Å². The molecule has 90 valence electrons. The Bertz CT molecular complexity index is 321. The molecule has 0 spiro atoms. The van der Waals surface area contributed by atoms with Crippen LogP contribution < -0.4 is 9.22 Å². The molecule has 0 unspecified atom stereocenters. The van der Waals surface area contributed by atoms with Gasteiger partial charge in [0.1, 0.15) is 11.3 Å². The Morgan fingerprint density at radius 2 is 1.69 bits per heavy atom. The number of para-hydroxylation sites is 1. The monoisotopic (exact) mass is 343 g/mol. The normalized spacial score (nSPS) is 8.00. The predicted molar refractivity (Wildman–Crippen MR) is 65.5 cm³/mol. The van der Waals surface area contributed by atoms with E-state index in [1.54, 1.807) is 41.2 Å². The second-order valence-electron chi connectivity index (χ2n) is 2.22. The van der Waals surface area contributed by atoms with Gasteiger partial charge in [0.2, 0.25) is 0 Å². The highest BCUT2D eigenvalue weighted by atomic mass is 127. The molecule has 0 bridgehead atoms. The fourth-order valence-electron chi connectivity index (χ4n) is 0.711. The van der Waals surface area contributed by atoms with Crippen LogP contribution in [0.25, 0.3) is 0 Å². The van der Waals surface area contributed by atoms with Crippen molar-refractivity contribution >= 4 is 36.3 Å². The van der Waals surface area contributed by atoms with Gasteiger partial charge in [0.15, 0.2) is 23.0 Å². The molecule has 7 N–H and O–H groups in total. The molecule has 9 heteroatoms. The van der Waals surface area contributed by atoms with Crippen molar-refractivity contribution in [2.24, 2.45) is 0 Å². The standard InChI is InChI=1S/C7H5IO3.BH3O3.H3N/c8-11-6-4-2-1-3-5(6)7(9)10;2-1(3)4;/h1-4H,(H,9,10);2-4H;1H3. The summed E-state index contributed by atoms with van der Waals surface area (Å²) in [6.07, 6.45) is 0. The second-order valence-corrected chi connectivity index (χ2v) is 2.67. The molecule has 1 rings (SSSR count). The summed E-state index contributed by atoms with van der Waals surface area (Å²) < 4.78 is 4.80. The van der Waals surface area contributed by atoms with Crippen molar-refractivity contribution in [3.05, 3.63) is 29.8 Å². The van der Waals surface area contributed by atoms with Crippen LogP contribution in [0.2, 0.25) is 0 Å². The van der Waals surface area contributed by atoms with Gasteiger partial charge in [-0.05, 0) is 12.1 Å². The molecular formula is C7H11BINO6. The molecular weight excluding hydrogens is 332 g/mol. The number of carboxylic acid groups (broad SMARTS) is 1. The molecule has 7 nitrogen and oxygen atoms in total. The summed E-state index contributed by atoms with van der Waals surface area (Å²) >= 11 is 1.65. The molecule has 16 heavy (non-hydrogen) atoms. The second kappa shape index (κ2) is 9.36. The molecule has 0 amide bonds. The Balaban J connectivity index is 0. The van der Waals surface area contributed by atoms with E-state index in [4.69, 9.17) is 23.2 Å². The fraction of sp³-hybridized carbons (Fsp3) is 0. The van der Waals surface area contributed by atoms with Gasteiger partial charge in [0, 0.05) is 0 Å². The summed E-state index contributed by atoms with van der Waals surface area (Å²) in [5.74, 6) is -0.599. The lowest BCUT2D eigenvalue weighted by Crippen LogP contribution is -2.07. The maximum atomic E-state index is 10.5. The van der Waals surface area contributed by atoms with Crippen LogP contribution >= 0.6 is 23.0 Å². The Morgan fingerprint density at radius 3 is 2.00 bits per heavy atom. The Kier molecular flexibility index (Phi) is 10.2. The Morgan fingerprint density at radius 1 is 1.25 bits per heavy atom. The maximum absolute atomic E-state index is 10.5. The summed E-state index contributed by atoms with van der Waals surface area (Å²) in [6.45, 7) is 0. The minimum absolute atomic E-state index is 0. The van der Waals surface area contributed by atoms with Crippen molar-refractivity contribution in [2.75, 3.05) is 0 Å². The molecule has 0 aliphatic carbocycles. The average molecular weight is 343 g/mol. The van der Waals surface area contributed by atoms with Gasteiger partial charge in [-0.3, -0.25) is 0 Å². The van der Waals surface area contributed by atoms with Crippen molar-refractivity contribution in [3.63, 3.8) is 0 Å². The zero-order chi connectivity index (χ0) is 11.8. The van der Waals surface area contributed by atoms with Gasteiger partial charge < -0.3 is 29.4 Å². The van der Waals surface area contributed by atoms with Crippen molar-refractivity contribution in [2.45, 2.75) is 0 Å². The molecule has 1 aromatic rings. The number of hydrogen-bond donors (Lipinski definition) is 5. The highest BCUT2D eigenvalue weighted by Gasteiger charge is 2.08. The van der Waals surface area contributed by atoms with E-state index >= 15 is 0 Å². The third kappa shape index (κ3) is 7.42. The zero-order valence-corrected chi connectivity index (χ0v) is 10.2. The van der Waals surface area contributed by atoms with Crippen LogP contribution in [0.5, 0.6) is 5.75 Å². The number of halogens is 1. The van der Waals surface area contributed by atoms with Gasteiger partial charge in [-0.1, -0.05) is 12.1 Å². The number of carbonyl (C=O) groups is 1. The molecule has 0 saturated carbocycles. The van der Waals surface area contributed by atoms with Crippen molar-refractivity contribution in [3.8, 4) is 5.75 Å². The lowest BCUT2D eigenvalue weighted by molar-refractivity contribution is 0.0695. The van der Waals surface area contributed by atoms with E-state index in [1.165, 1.54) is 6.07 Å². The molecule has 0 fully saturated rings. The Labute approximate surface area is 106 Å². The van der Waals surface area contributed by atoms with Gasteiger partial charge >= 0.3 is 13.3 Å². The van der Waals surface area contributed by atoms with E-state index in [0.717, 1.165) is 0 Å². The first kappa shape index (κ1) is 17.5. The van der Waals surface area contributed by atoms with Crippen LogP contribution in [0, 0.1) is 0 Å². The first-order valence-electron chi connectivity index (χ1n) is 3.64. The van der Waals surface area contributed by atoms with Gasteiger partial charge in [-0.15, -0.1) is 0 Å². The lowest BCUT2D eigenvalue weighted by atomic mass is 10.2. The van der Waals surface area contributed by atoms with Crippen LogP contribution in [0.1, 0.15) is 10.4 Å². The van der Waals surface area contributed by atoms with E-state index in [-0.39, 0.29) is 11.7 Å². The summed E-state index contributed by atoms with van der Waals surface area (Å²) in [5.41, 5.74) is 0.182. The minimum atomic E-state index is -2.17. The third-order valence-corrected chi connectivity index (χ3v) is 1.68. The maximum Gasteiger partial charge on any atom is 0.631 e. The molecule has 0 aliphatic rings. The molecule has 0 atom stereocenters. The first-order valence-corrected chi connectivity index (χ1v) is 4.52. The molecule has 0 heterocycles. The average Bonchev–Trinajstić information content (AvgIpc) is 2.16. The van der Waals surface area contributed by atoms with Crippen molar-refractivity contribution in [1.82, 2.24) is 6.15 Å². The van der Waals surface area contributed by atoms with Crippen molar-refractivity contribution in [1.29, 1.82) is 0 Å². The van der Waals surface area contributed by atoms with Gasteiger partial charge in [0.25, 0.3) is 0 Å². The third-order valence-electron chi connectivity index (χ3n) is 1.20. The highest BCUT2D eigenvalue weighted by molar-refractivity contribution is 14.1. The van der Waals surface area contributed by atoms with Gasteiger partial charge in [-0.2, -0.15) is 0 Å². The first-order chi connectivity index (χ1) is 6.99. The number of hydrogen-bond acceptors (Lipinski definition) is 6. The van der Waals surface area contributed by atoms with E-state index in [9.17, 15) is 4.79 Å². The van der Waals surface area contributed by atoms with Gasteiger partial charge in [-0.25, -0.2) is 4.79 Å². The van der Waals surface area contributed by atoms with E-state index in [0.29, 0.717) is 5.75 Å². The highest BCUT2D eigenvalue weighted by Crippen LogP contribution is 2.19. The molecule has 0 saturated heterocycles. The van der Waals surface area contributed by atoms with E-state index < -0.39 is 13.3 Å². The number of benzene rings is 1. The van der Waals surface area contributed by atoms with E-state index in [2.05, 4.69) is 0 Å². The topological polar surface area (TPSA) is 142 Å². The summed E-state index contributed by atoms with van der Waals surface area (Å²) in [5, 5.41) is 30.1. The summed E-state index contributed by atoms with van der Waals surface area (Å²) in [4.78, 5) is 10.5. The van der Waals surface area contributed by atoms with Crippen LogP contribution in [0.4, 0.5) is 0 Å². The smallest absolute Gasteiger partial charge is 0.478 e. The van der Waals surface area contributed by atoms with Gasteiger partial charge in [0.05, 0.1) is 0 Å². The minimum Gasteiger partial charge on any atom is -0.478 e. The number of rotatable bonds is 2. The largest absolute Gasteiger partial charge is 0.631 e. The molecule has 0 aliphatic heterocycles. The van der Waals surface area contributed by atoms with Crippen LogP contribution in [-0.2, 0) is 0 Å². The molecule has 0 aromatic heterocycles. The van der Waals surface area contributed by atoms with Crippen LogP contribution in [0.3, 0.4) is 0 Å². The summed E-state index contributed by atoms with van der Waals surface area (Å²) in [6, 6.07) is 6.48. The Hall–Kier alpha value is -0.875. The SMILES string of the molecule is N.O=C(O)c1ccccc1OI.OB(O)O. The summed E-state index contributed by atoms with van der Waals surface area (Å²) in [7, 11) is -2.17. The zero-order valence-electron chi connectivity index (χ0n) is 8.08. The van der Waals surface area contributed by atoms with E-state index in [1.807, 2.05) is 0 Å². The predicted octanol–water partition coefficient (Wildman–Crippen LogP) is 0.224. The van der Waals surface area contributed by atoms with Crippen molar-refractivity contribution < 1.29 is 28.0 Å². The van der Waals surface area contributed by atoms with Crippen LogP contribution in [0.15, 0.2) is 24.3 Å². The number of carboxylic acids is 1. The fourth-order valence-corrected chi connectivity index (χ4v) is 1.09. The molecule has 1 aromatic carbocycles. The lowest BCUT2D eigenvalue weighted by Gasteiger charge is -1.99. The number of aromatic carboxylic acids is 1. The quantitative estimate of drug-likeness (QED) is 0.382.